The molecule has 110 valence electrons. The number of hydrogen-bond acceptors (Lipinski definition) is 5. The van der Waals surface area contributed by atoms with E-state index >= 15 is 0 Å². The van der Waals surface area contributed by atoms with Crippen LogP contribution in [0.5, 0.6) is 11.5 Å². The lowest BCUT2D eigenvalue weighted by atomic mass is 10.1. The number of esters is 1. The highest BCUT2D eigenvalue weighted by Gasteiger charge is 2.19. The predicted octanol–water partition coefficient (Wildman–Crippen LogP) is 1.43. The Hall–Kier alpha value is -2.24. The number of carbonyl (C=O) groups is 2. The standard InChI is InChI=1S/C14H19NO5/c1-4-15(8-7-13(17)20-3)14(18)11-9-10(19-2)5-6-12(11)16/h5-6,9,16H,4,7-8H2,1-3H3. The molecule has 1 rings (SSSR count). The molecule has 0 saturated carbocycles. The van der Waals surface area contributed by atoms with Crippen molar-refractivity contribution in [1.29, 1.82) is 0 Å². The van der Waals surface area contributed by atoms with Crippen molar-refractivity contribution >= 4 is 11.9 Å². The van der Waals surface area contributed by atoms with Crippen LogP contribution in [0.2, 0.25) is 0 Å². The second-order valence-corrected chi connectivity index (χ2v) is 4.09. The lowest BCUT2D eigenvalue weighted by Gasteiger charge is -2.21. The molecule has 0 fully saturated rings. The number of ether oxygens (including phenoxy) is 2. The van der Waals surface area contributed by atoms with Crippen molar-refractivity contribution in [2.75, 3.05) is 27.3 Å². The number of amides is 1. The molecule has 0 aliphatic heterocycles. The first kappa shape index (κ1) is 15.8. The summed E-state index contributed by atoms with van der Waals surface area (Å²) in [7, 11) is 2.78. The molecule has 1 aromatic rings. The quantitative estimate of drug-likeness (QED) is 0.798. The van der Waals surface area contributed by atoms with E-state index in [1.165, 1.54) is 31.3 Å². The highest BCUT2D eigenvalue weighted by molar-refractivity contribution is 5.97. The fraction of sp³-hybridized carbons (Fsp3) is 0.429. The van der Waals surface area contributed by atoms with Gasteiger partial charge in [-0.15, -0.1) is 0 Å². The highest BCUT2D eigenvalue weighted by atomic mass is 16.5. The molecule has 0 unspecified atom stereocenters. The van der Waals surface area contributed by atoms with E-state index in [1.807, 2.05) is 0 Å². The number of hydrogen-bond donors (Lipinski definition) is 1. The first-order valence-electron chi connectivity index (χ1n) is 6.26. The number of benzene rings is 1. The van der Waals surface area contributed by atoms with E-state index in [1.54, 1.807) is 13.0 Å². The Kier molecular flexibility index (Phi) is 5.83. The largest absolute Gasteiger partial charge is 0.507 e. The van der Waals surface area contributed by atoms with Crippen molar-refractivity contribution < 1.29 is 24.2 Å². The maximum Gasteiger partial charge on any atom is 0.307 e. The summed E-state index contributed by atoms with van der Waals surface area (Å²) in [6.45, 7) is 2.46. The van der Waals surface area contributed by atoms with Crippen molar-refractivity contribution in [2.45, 2.75) is 13.3 Å². The third kappa shape index (κ3) is 3.88. The topological polar surface area (TPSA) is 76.1 Å². The summed E-state index contributed by atoms with van der Waals surface area (Å²) in [4.78, 5) is 24.9. The molecule has 0 atom stereocenters. The van der Waals surface area contributed by atoms with Gasteiger partial charge in [0.1, 0.15) is 11.5 Å². The molecule has 0 aliphatic rings. The average Bonchev–Trinajstić information content (AvgIpc) is 2.47. The predicted molar refractivity (Wildman–Crippen MR) is 72.9 cm³/mol. The molecule has 6 heteroatoms. The van der Waals surface area contributed by atoms with Crippen molar-refractivity contribution in [1.82, 2.24) is 4.90 Å². The normalized spacial score (nSPS) is 9.95. The van der Waals surface area contributed by atoms with Gasteiger partial charge >= 0.3 is 5.97 Å². The van der Waals surface area contributed by atoms with Gasteiger partial charge in [0.15, 0.2) is 0 Å². The molecule has 0 aliphatic carbocycles. The molecular weight excluding hydrogens is 262 g/mol. The maximum atomic E-state index is 12.3. The third-order valence-electron chi connectivity index (χ3n) is 2.92. The molecule has 0 spiro atoms. The third-order valence-corrected chi connectivity index (χ3v) is 2.92. The number of nitrogens with zero attached hydrogens (tertiary/aromatic N) is 1. The zero-order valence-corrected chi connectivity index (χ0v) is 11.9. The van der Waals surface area contributed by atoms with Gasteiger partial charge in [0.25, 0.3) is 5.91 Å². The summed E-state index contributed by atoms with van der Waals surface area (Å²) in [6, 6.07) is 4.44. The number of phenols is 1. The van der Waals surface area contributed by atoms with Crippen LogP contribution in [0.3, 0.4) is 0 Å². The van der Waals surface area contributed by atoms with Crippen LogP contribution in [0.1, 0.15) is 23.7 Å². The van der Waals surface area contributed by atoms with Crippen molar-refractivity contribution in [3.05, 3.63) is 23.8 Å². The van der Waals surface area contributed by atoms with Crippen LogP contribution in [0.4, 0.5) is 0 Å². The Labute approximate surface area is 117 Å². The maximum absolute atomic E-state index is 12.3. The molecule has 0 radical (unpaired) electrons. The van der Waals surface area contributed by atoms with E-state index in [0.717, 1.165) is 0 Å². The Morgan fingerprint density at radius 2 is 2.00 bits per heavy atom. The molecule has 0 aromatic heterocycles. The van der Waals surface area contributed by atoms with Crippen LogP contribution < -0.4 is 4.74 Å². The Morgan fingerprint density at radius 3 is 2.55 bits per heavy atom. The molecule has 20 heavy (non-hydrogen) atoms. The van der Waals surface area contributed by atoms with E-state index < -0.39 is 0 Å². The van der Waals surface area contributed by atoms with Gasteiger partial charge in [-0.3, -0.25) is 9.59 Å². The van der Waals surface area contributed by atoms with Crippen LogP contribution >= 0.6 is 0 Å². The zero-order chi connectivity index (χ0) is 15.1. The van der Waals surface area contributed by atoms with Gasteiger partial charge in [0, 0.05) is 13.1 Å². The lowest BCUT2D eigenvalue weighted by Crippen LogP contribution is -2.33. The molecule has 1 N–H and O–H groups in total. The average molecular weight is 281 g/mol. The van der Waals surface area contributed by atoms with Crippen LogP contribution in [-0.4, -0.2) is 49.2 Å². The van der Waals surface area contributed by atoms with Gasteiger partial charge in [-0.25, -0.2) is 0 Å². The number of rotatable bonds is 6. The molecule has 1 aromatic carbocycles. The van der Waals surface area contributed by atoms with Gasteiger partial charge < -0.3 is 19.5 Å². The fourth-order valence-corrected chi connectivity index (χ4v) is 1.72. The van der Waals surface area contributed by atoms with Crippen LogP contribution in [0.15, 0.2) is 18.2 Å². The van der Waals surface area contributed by atoms with Crippen LogP contribution in [-0.2, 0) is 9.53 Å². The van der Waals surface area contributed by atoms with E-state index in [-0.39, 0.29) is 36.2 Å². The van der Waals surface area contributed by atoms with Crippen molar-refractivity contribution in [3.8, 4) is 11.5 Å². The zero-order valence-electron chi connectivity index (χ0n) is 11.9. The summed E-state index contributed by atoms with van der Waals surface area (Å²) in [5.41, 5.74) is 0.149. The summed E-state index contributed by atoms with van der Waals surface area (Å²) < 4.78 is 9.58. The number of aromatic hydroxyl groups is 1. The highest BCUT2D eigenvalue weighted by Crippen LogP contribution is 2.24. The first-order valence-corrected chi connectivity index (χ1v) is 6.26. The number of phenolic OH excluding ortho intramolecular Hbond substituents is 1. The second-order valence-electron chi connectivity index (χ2n) is 4.09. The molecule has 1 amide bonds. The SMILES string of the molecule is CCN(CCC(=O)OC)C(=O)c1cc(OC)ccc1O. The summed E-state index contributed by atoms with van der Waals surface area (Å²) in [6.07, 6.45) is 0.112. The summed E-state index contributed by atoms with van der Waals surface area (Å²) in [5.74, 6) is -0.374. The summed E-state index contributed by atoms with van der Waals surface area (Å²) >= 11 is 0. The summed E-state index contributed by atoms with van der Waals surface area (Å²) in [5, 5.41) is 9.77. The Balaban J connectivity index is 2.87. The molecular formula is C14H19NO5. The molecule has 0 heterocycles. The minimum atomic E-state index is -0.383. The number of carbonyl (C=O) groups excluding carboxylic acids is 2. The molecule has 6 nitrogen and oxygen atoms in total. The Morgan fingerprint density at radius 1 is 1.30 bits per heavy atom. The van der Waals surface area contributed by atoms with Gasteiger partial charge in [-0.2, -0.15) is 0 Å². The van der Waals surface area contributed by atoms with E-state index in [4.69, 9.17) is 4.74 Å². The monoisotopic (exact) mass is 281 g/mol. The fourth-order valence-electron chi connectivity index (χ4n) is 1.72. The van der Waals surface area contributed by atoms with E-state index in [9.17, 15) is 14.7 Å². The smallest absolute Gasteiger partial charge is 0.307 e. The van der Waals surface area contributed by atoms with E-state index in [2.05, 4.69) is 4.74 Å². The van der Waals surface area contributed by atoms with Gasteiger partial charge in [-0.1, -0.05) is 0 Å². The lowest BCUT2D eigenvalue weighted by molar-refractivity contribution is -0.140. The minimum Gasteiger partial charge on any atom is -0.507 e. The van der Waals surface area contributed by atoms with Crippen LogP contribution in [0, 0.1) is 0 Å². The molecule has 0 saturated heterocycles. The minimum absolute atomic E-state index is 0.112. The van der Waals surface area contributed by atoms with E-state index in [0.29, 0.717) is 12.3 Å². The first-order chi connectivity index (χ1) is 9.53. The Bertz CT molecular complexity index is 486. The van der Waals surface area contributed by atoms with Gasteiger partial charge in [-0.05, 0) is 25.1 Å². The van der Waals surface area contributed by atoms with Gasteiger partial charge in [0.2, 0.25) is 0 Å². The second kappa shape index (κ2) is 7.37. The number of methoxy groups -OCH3 is 2. The molecule has 0 bridgehead atoms. The van der Waals surface area contributed by atoms with Crippen LogP contribution in [0.25, 0.3) is 0 Å². The van der Waals surface area contributed by atoms with Crippen molar-refractivity contribution in [2.24, 2.45) is 0 Å². The van der Waals surface area contributed by atoms with Gasteiger partial charge in [0.05, 0.1) is 26.2 Å². The van der Waals surface area contributed by atoms with Crippen molar-refractivity contribution in [3.63, 3.8) is 0 Å².